The van der Waals surface area contributed by atoms with Gasteiger partial charge in [0.05, 0.1) is 17.7 Å². The molecule has 2 heterocycles. The molecule has 3 aromatic rings. The summed E-state index contributed by atoms with van der Waals surface area (Å²) in [5, 5.41) is 24.9. The fourth-order valence-electron chi connectivity index (χ4n) is 8.95. The second-order valence-electron chi connectivity index (χ2n) is 16.1. The molecule has 1 aliphatic heterocycles. The number of anilines is 1. The predicted octanol–water partition coefficient (Wildman–Crippen LogP) is 6.66. The first kappa shape index (κ1) is 38.8. The first-order valence-corrected chi connectivity index (χ1v) is 19.4. The van der Waals surface area contributed by atoms with Crippen molar-refractivity contribution in [3.05, 3.63) is 95.4 Å². The molecule has 1 aromatic heterocycles. The third kappa shape index (κ3) is 7.67. The number of aromatic nitrogens is 1. The Morgan fingerprint density at radius 2 is 1.78 bits per heavy atom. The van der Waals surface area contributed by atoms with Gasteiger partial charge in [0.15, 0.2) is 5.78 Å². The zero-order chi connectivity index (χ0) is 38.7. The highest BCUT2D eigenvalue weighted by atomic mass is 16.3. The quantitative estimate of drug-likeness (QED) is 0.107. The SMILES string of the molecule is CC1=C[C@@H]2/C=C(\C)CCCC(O)C(Nc3ccccc3C(=O)N[C@H](C)C(=O)N/C=C/c3c[nH]c4ccccc34)CC(=O)[C@@]23C(=O)N[C@@H](CC(C)C)[C@@H]3[C@@H]1C. The van der Waals surface area contributed by atoms with E-state index in [1.807, 2.05) is 37.4 Å². The third-order valence-corrected chi connectivity index (χ3v) is 11.8. The van der Waals surface area contributed by atoms with Crippen molar-refractivity contribution in [2.24, 2.45) is 29.1 Å². The Hall–Kier alpha value is -4.96. The lowest BCUT2D eigenvalue weighted by Gasteiger charge is -2.45. The van der Waals surface area contributed by atoms with E-state index < -0.39 is 41.3 Å². The molecule has 0 saturated carbocycles. The highest BCUT2D eigenvalue weighted by molar-refractivity contribution is 6.10. The van der Waals surface area contributed by atoms with Crippen LogP contribution < -0.4 is 21.3 Å². The van der Waals surface area contributed by atoms with Gasteiger partial charge >= 0.3 is 0 Å². The number of aliphatic hydroxyl groups is 1. The molecule has 6 rings (SSSR count). The Morgan fingerprint density at radius 3 is 2.56 bits per heavy atom. The van der Waals surface area contributed by atoms with Gasteiger partial charge in [0.25, 0.3) is 5.91 Å². The van der Waals surface area contributed by atoms with Crippen LogP contribution in [0.5, 0.6) is 0 Å². The van der Waals surface area contributed by atoms with E-state index in [0.717, 1.165) is 34.9 Å². The van der Waals surface area contributed by atoms with E-state index in [2.05, 4.69) is 66.1 Å². The molecule has 0 bridgehead atoms. The van der Waals surface area contributed by atoms with Crippen molar-refractivity contribution >= 4 is 46.2 Å². The lowest BCUT2D eigenvalue weighted by Crippen LogP contribution is -2.54. The van der Waals surface area contributed by atoms with E-state index in [0.29, 0.717) is 24.4 Å². The summed E-state index contributed by atoms with van der Waals surface area (Å²) in [6, 6.07) is 13.0. The zero-order valence-corrected chi connectivity index (χ0v) is 32.2. The number of H-pyrrole nitrogens is 1. The van der Waals surface area contributed by atoms with Crippen molar-refractivity contribution in [1.29, 1.82) is 0 Å². The van der Waals surface area contributed by atoms with E-state index >= 15 is 0 Å². The fourth-order valence-corrected chi connectivity index (χ4v) is 8.95. The van der Waals surface area contributed by atoms with Gasteiger partial charge in [-0.05, 0) is 82.6 Å². The second kappa shape index (κ2) is 16.2. The van der Waals surface area contributed by atoms with Crippen molar-refractivity contribution in [1.82, 2.24) is 20.9 Å². The van der Waals surface area contributed by atoms with Crippen LogP contribution in [0.3, 0.4) is 0 Å². The summed E-state index contributed by atoms with van der Waals surface area (Å²) >= 11 is 0. The number of Topliss-reactive ketones (excluding diaryl/α,β-unsaturated/α-hetero) is 1. The van der Waals surface area contributed by atoms with Gasteiger partial charge in [0.1, 0.15) is 11.5 Å². The number of hydrogen-bond acceptors (Lipinski definition) is 6. The number of nitrogens with one attached hydrogen (secondary N) is 5. The van der Waals surface area contributed by atoms with Gasteiger partial charge in [0.2, 0.25) is 11.8 Å². The van der Waals surface area contributed by atoms with Gasteiger partial charge in [-0.3, -0.25) is 19.2 Å². The van der Waals surface area contributed by atoms with Crippen molar-refractivity contribution < 1.29 is 24.3 Å². The van der Waals surface area contributed by atoms with Crippen molar-refractivity contribution in [3.8, 4) is 0 Å². The van der Waals surface area contributed by atoms with Crippen molar-refractivity contribution in [3.63, 3.8) is 0 Å². The number of aromatic amines is 1. The van der Waals surface area contributed by atoms with E-state index in [1.165, 1.54) is 5.57 Å². The van der Waals surface area contributed by atoms with Crippen LogP contribution in [-0.2, 0) is 14.4 Å². The van der Waals surface area contributed by atoms with Crippen LogP contribution in [0.15, 0.2) is 84.2 Å². The maximum absolute atomic E-state index is 15.0. The molecule has 10 heteroatoms. The van der Waals surface area contributed by atoms with Crippen LogP contribution in [0.4, 0.5) is 5.69 Å². The standard InChI is InChI=1S/C44H55N5O5/c1-25(2)20-37-40-28(5)27(4)22-31-21-26(3)12-11-17-38(50)36(23-39(51)44(31,40)43(54)49-37)48-35-16-10-8-14-33(35)42(53)47-29(6)41(52)45-19-18-30-24-46-34-15-9-7-13-32(30)34/h7-10,13-16,18-19,21-22,24-25,28-29,31,36-38,40,46,48,50H,11-12,17,20,23H2,1-6H3,(H,45,52)(H,47,53)(H,49,54)/b19-18+,26-21+/t28-,29-,31+,36?,37+,38?,40+,44+/m1/s1. The largest absolute Gasteiger partial charge is 0.391 e. The minimum Gasteiger partial charge on any atom is -0.391 e. The molecule has 10 nitrogen and oxygen atoms in total. The summed E-state index contributed by atoms with van der Waals surface area (Å²) in [5.41, 5.74) is 3.57. The molecule has 2 aliphatic carbocycles. The van der Waals surface area contributed by atoms with E-state index in [9.17, 15) is 24.3 Å². The van der Waals surface area contributed by atoms with Gasteiger partial charge in [-0.15, -0.1) is 0 Å². The molecule has 0 radical (unpaired) electrons. The molecule has 54 heavy (non-hydrogen) atoms. The smallest absolute Gasteiger partial charge is 0.254 e. The number of allylic oxidation sites excluding steroid dienone is 4. The molecular weight excluding hydrogens is 679 g/mol. The number of hydrogen-bond donors (Lipinski definition) is 6. The number of amides is 3. The van der Waals surface area contributed by atoms with Gasteiger partial charge < -0.3 is 31.4 Å². The number of aliphatic hydroxyl groups excluding tert-OH is 1. The molecule has 3 amide bonds. The summed E-state index contributed by atoms with van der Waals surface area (Å²) in [6.45, 7) is 12.1. The van der Waals surface area contributed by atoms with Crippen LogP contribution in [0.25, 0.3) is 17.0 Å². The average Bonchev–Trinajstić information content (AvgIpc) is 3.67. The van der Waals surface area contributed by atoms with Crippen LogP contribution in [0.1, 0.15) is 89.6 Å². The number of fused-ring (bicyclic) bond motifs is 1. The number of carbonyl (C=O) groups is 4. The van der Waals surface area contributed by atoms with Crippen LogP contribution in [-0.4, -0.2) is 57.8 Å². The van der Waals surface area contributed by atoms with E-state index in [1.54, 1.807) is 43.5 Å². The highest BCUT2D eigenvalue weighted by Crippen LogP contribution is 2.55. The summed E-state index contributed by atoms with van der Waals surface area (Å²) in [7, 11) is 0. The van der Waals surface area contributed by atoms with Gasteiger partial charge in [0, 0.05) is 58.8 Å². The maximum atomic E-state index is 15.0. The molecule has 1 saturated heterocycles. The molecule has 2 aromatic carbocycles. The Bertz CT molecular complexity index is 1990. The molecule has 8 atom stereocenters. The average molecular weight is 734 g/mol. The Balaban J connectivity index is 1.22. The Morgan fingerprint density at radius 1 is 1.04 bits per heavy atom. The van der Waals surface area contributed by atoms with Crippen LogP contribution >= 0.6 is 0 Å². The lowest BCUT2D eigenvalue weighted by atomic mass is 9.54. The lowest BCUT2D eigenvalue weighted by molar-refractivity contribution is -0.145. The van der Waals surface area contributed by atoms with Crippen LogP contribution in [0.2, 0.25) is 0 Å². The summed E-state index contributed by atoms with van der Waals surface area (Å²) < 4.78 is 0. The van der Waals surface area contributed by atoms with Crippen molar-refractivity contribution in [2.45, 2.75) is 97.9 Å². The molecule has 3 aliphatic rings. The normalized spacial score (nSPS) is 29.0. The van der Waals surface area contributed by atoms with Gasteiger partial charge in [-0.1, -0.05) is 74.4 Å². The van der Waals surface area contributed by atoms with Crippen molar-refractivity contribution in [2.75, 3.05) is 5.32 Å². The fraction of sp³-hybridized carbons (Fsp3) is 0.455. The van der Waals surface area contributed by atoms with Gasteiger partial charge in [-0.25, -0.2) is 0 Å². The number of carbonyl (C=O) groups excluding carboxylic acids is 4. The summed E-state index contributed by atoms with van der Waals surface area (Å²) in [6.07, 6.45) is 11.1. The topological polar surface area (TPSA) is 152 Å². The molecule has 2 unspecified atom stereocenters. The van der Waals surface area contributed by atoms with E-state index in [-0.39, 0.29) is 41.6 Å². The molecule has 1 spiro atoms. The number of benzene rings is 2. The number of ketones is 1. The molecular formula is C44H55N5O5. The third-order valence-electron chi connectivity index (χ3n) is 11.8. The molecule has 1 fully saturated rings. The minimum absolute atomic E-state index is 0.00990. The van der Waals surface area contributed by atoms with E-state index in [4.69, 9.17) is 0 Å². The Labute approximate surface area is 318 Å². The molecule has 6 N–H and O–H groups in total. The number of rotatable bonds is 9. The number of para-hydroxylation sites is 2. The zero-order valence-electron chi connectivity index (χ0n) is 32.2. The predicted molar refractivity (Wildman–Crippen MR) is 213 cm³/mol. The summed E-state index contributed by atoms with van der Waals surface area (Å²) in [5.74, 6) is -1.61. The Kier molecular flexibility index (Phi) is 11.6. The van der Waals surface area contributed by atoms with Gasteiger partial charge in [-0.2, -0.15) is 0 Å². The first-order chi connectivity index (χ1) is 25.8. The monoisotopic (exact) mass is 733 g/mol. The molecule has 286 valence electrons. The first-order valence-electron chi connectivity index (χ1n) is 19.4. The van der Waals surface area contributed by atoms with Crippen LogP contribution in [0, 0.1) is 29.1 Å². The minimum atomic E-state index is -1.31. The maximum Gasteiger partial charge on any atom is 0.254 e. The highest BCUT2D eigenvalue weighted by Gasteiger charge is 2.65. The second-order valence-corrected chi connectivity index (χ2v) is 16.1. The summed E-state index contributed by atoms with van der Waals surface area (Å²) in [4.78, 5) is 59.2.